The molecule has 0 aliphatic carbocycles. The maximum Gasteiger partial charge on any atom is 0.138 e. The number of hydrogen-bond acceptors (Lipinski definition) is 5. The van der Waals surface area contributed by atoms with Gasteiger partial charge in [-0.2, -0.15) is 0 Å². The second-order valence-electron chi connectivity index (χ2n) is 5.67. The Bertz CT molecular complexity index is 385. The summed E-state index contributed by atoms with van der Waals surface area (Å²) in [5, 5.41) is 12.4. The van der Waals surface area contributed by atoms with Gasteiger partial charge in [0.15, 0.2) is 0 Å². The number of rotatable bonds is 5. The van der Waals surface area contributed by atoms with Gasteiger partial charge in [0.05, 0.1) is 6.10 Å². The summed E-state index contributed by atoms with van der Waals surface area (Å²) in [6.07, 6.45) is 1.42. The normalized spacial score (nSPS) is 13.4. The first kappa shape index (κ1) is 14.7. The molecule has 0 aliphatic heterocycles. The number of aliphatic hydroxyl groups is 1. The molecule has 5 heteroatoms. The largest absolute Gasteiger partial charge is 0.393 e. The molecular weight excluding hydrogens is 228 g/mol. The third kappa shape index (κ3) is 4.87. The van der Waals surface area contributed by atoms with E-state index in [9.17, 15) is 5.11 Å². The molecule has 0 aromatic carbocycles. The third-order valence-corrected chi connectivity index (χ3v) is 2.52. The highest BCUT2D eigenvalue weighted by molar-refractivity contribution is 5.45. The van der Waals surface area contributed by atoms with Gasteiger partial charge in [-0.05, 0) is 19.8 Å². The Balaban J connectivity index is 2.63. The maximum atomic E-state index is 9.17. The van der Waals surface area contributed by atoms with E-state index in [1.54, 1.807) is 13.0 Å². The molecule has 0 fully saturated rings. The van der Waals surface area contributed by atoms with Crippen LogP contribution >= 0.6 is 0 Å². The van der Waals surface area contributed by atoms with E-state index in [2.05, 4.69) is 36.1 Å². The lowest BCUT2D eigenvalue weighted by Gasteiger charge is -2.18. The molecule has 0 bridgehead atoms. The van der Waals surface area contributed by atoms with Crippen LogP contribution in [0.5, 0.6) is 0 Å². The summed E-state index contributed by atoms with van der Waals surface area (Å²) in [5.74, 6) is 1.96. The third-order valence-electron chi connectivity index (χ3n) is 2.52. The summed E-state index contributed by atoms with van der Waals surface area (Å²) < 4.78 is 0. The topological polar surface area (TPSA) is 84.1 Å². The number of aliphatic hydroxyl groups excluding tert-OH is 1. The summed E-state index contributed by atoms with van der Waals surface area (Å²) in [6.45, 7) is 8.72. The van der Waals surface area contributed by atoms with Crippen molar-refractivity contribution < 1.29 is 5.11 Å². The Morgan fingerprint density at radius 1 is 1.39 bits per heavy atom. The molecule has 1 unspecified atom stereocenters. The number of nitrogens with zero attached hydrogens (tertiary/aromatic N) is 2. The first-order valence-electron chi connectivity index (χ1n) is 6.36. The standard InChI is InChI=1S/C13H24N4O/c1-9(18)6-5-7-15-11-8-10(14)16-12(17-11)13(2,3)4/h8-9,18H,5-7H2,1-4H3,(H3,14,15,16,17). The predicted molar refractivity (Wildman–Crippen MR) is 74.5 cm³/mol. The minimum atomic E-state index is -0.257. The van der Waals surface area contributed by atoms with Gasteiger partial charge in [-0.3, -0.25) is 0 Å². The zero-order chi connectivity index (χ0) is 13.8. The van der Waals surface area contributed by atoms with Gasteiger partial charge < -0.3 is 16.2 Å². The molecule has 0 saturated carbocycles. The van der Waals surface area contributed by atoms with Gasteiger partial charge >= 0.3 is 0 Å². The highest BCUT2D eigenvalue weighted by Crippen LogP contribution is 2.21. The van der Waals surface area contributed by atoms with Crippen LogP contribution in [0.4, 0.5) is 11.6 Å². The van der Waals surface area contributed by atoms with Gasteiger partial charge in [-0.15, -0.1) is 0 Å². The molecule has 1 aromatic rings. The number of hydrogen-bond donors (Lipinski definition) is 3. The molecule has 1 aromatic heterocycles. The fourth-order valence-electron chi connectivity index (χ4n) is 1.51. The number of aromatic nitrogens is 2. The summed E-state index contributed by atoms with van der Waals surface area (Å²) in [4.78, 5) is 8.71. The lowest BCUT2D eigenvalue weighted by molar-refractivity contribution is 0.183. The van der Waals surface area contributed by atoms with Gasteiger partial charge in [0, 0.05) is 18.0 Å². The van der Waals surface area contributed by atoms with Crippen LogP contribution in [0.15, 0.2) is 6.07 Å². The van der Waals surface area contributed by atoms with Crippen LogP contribution in [0.1, 0.15) is 46.4 Å². The van der Waals surface area contributed by atoms with Crippen LogP contribution in [0.3, 0.4) is 0 Å². The SMILES string of the molecule is CC(O)CCCNc1cc(N)nc(C(C)(C)C)n1. The van der Waals surface area contributed by atoms with Crippen molar-refractivity contribution in [1.82, 2.24) is 9.97 Å². The van der Waals surface area contributed by atoms with Crippen molar-refractivity contribution in [2.24, 2.45) is 0 Å². The van der Waals surface area contributed by atoms with Crippen LogP contribution in [-0.2, 0) is 5.41 Å². The van der Waals surface area contributed by atoms with Crippen molar-refractivity contribution in [2.75, 3.05) is 17.6 Å². The zero-order valence-electron chi connectivity index (χ0n) is 11.7. The van der Waals surface area contributed by atoms with Crippen LogP contribution in [0, 0.1) is 0 Å². The Kier molecular flexibility index (Phi) is 4.90. The maximum absolute atomic E-state index is 9.17. The number of nitrogens with two attached hydrogens (primary N) is 1. The highest BCUT2D eigenvalue weighted by atomic mass is 16.3. The minimum absolute atomic E-state index is 0.120. The van der Waals surface area contributed by atoms with E-state index >= 15 is 0 Å². The van der Waals surface area contributed by atoms with Crippen LogP contribution in [-0.4, -0.2) is 27.7 Å². The minimum Gasteiger partial charge on any atom is -0.393 e. The van der Waals surface area contributed by atoms with E-state index in [4.69, 9.17) is 5.73 Å². The summed E-state index contributed by atoms with van der Waals surface area (Å²) in [6, 6.07) is 1.73. The molecule has 0 saturated heterocycles. The summed E-state index contributed by atoms with van der Waals surface area (Å²) in [7, 11) is 0. The van der Waals surface area contributed by atoms with Crippen LogP contribution in [0.25, 0.3) is 0 Å². The second-order valence-corrected chi connectivity index (χ2v) is 5.67. The molecule has 5 nitrogen and oxygen atoms in total. The number of nitrogens with one attached hydrogen (secondary N) is 1. The van der Waals surface area contributed by atoms with E-state index in [0.717, 1.165) is 31.0 Å². The monoisotopic (exact) mass is 252 g/mol. The molecule has 4 N–H and O–H groups in total. The smallest absolute Gasteiger partial charge is 0.138 e. The van der Waals surface area contributed by atoms with Gasteiger partial charge in [-0.1, -0.05) is 20.8 Å². The molecular formula is C13H24N4O. The lowest BCUT2D eigenvalue weighted by atomic mass is 9.96. The summed E-state index contributed by atoms with van der Waals surface area (Å²) >= 11 is 0. The first-order chi connectivity index (χ1) is 8.29. The van der Waals surface area contributed by atoms with E-state index < -0.39 is 0 Å². The lowest BCUT2D eigenvalue weighted by Crippen LogP contribution is -2.18. The fraction of sp³-hybridized carbons (Fsp3) is 0.692. The number of anilines is 2. The Labute approximate surface area is 109 Å². The summed E-state index contributed by atoms with van der Waals surface area (Å²) in [5.41, 5.74) is 5.66. The molecule has 1 heterocycles. The van der Waals surface area contributed by atoms with E-state index in [-0.39, 0.29) is 11.5 Å². The molecule has 102 valence electrons. The first-order valence-corrected chi connectivity index (χ1v) is 6.36. The molecule has 18 heavy (non-hydrogen) atoms. The molecule has 0 amide bonds. The molecule has 0 spiro atoms. The fourth-order valence-corrected chi connectivity index (χ4v) is 1.51. The van der Waals surface area contributed by atoms with Gasteiger partial charge in [-0.25, -0.2) is 9.97 Å². The second kappa shape index (κ2) is 6.00. The van der Waals surface area contributed by atoms with Crippen LogP contribution < -0.4 is 11.1 Å². The predicted octanol–water partition coefficient (Wildman–Crippen LogP) is 1.93. The van der Waals surface area contributed by atoms with Crippen molar-refractivity contribution in [2.45, 2.75) is 52.1 Å². The quantitative estimate of drug-likeness (QED) is 0.697. The van der Waals surface area contributed by atoms with Crippen molar-refractivity contribution in [1.29, 1.82) is 0 Å². The van der Waals surface area contributed by atoms with Crippen molar-refractivity contribution >= 4 is 11.6 Å². The van der Waals surface area contributed by atoms with Crippen molar-refractivity contribution in [3.05, 3.63) is 11.9 Å². The average Bonchev–Trinajstić information content (AvgIpc) is 2.22. The van der Waals surface area contributed by atoms with Gasteiger partial charge in [0.1, 0.15) is 17.5 Å². The molecule has 0 radical (unpaired) electrons. The molecule has 1 rings (SSSR count). The Morgan fingerprint density at radius 2 is 2.06 bits per heavy atom. The average molecular weight is 252 g/mol. The van der Waals surface area contributed by atoms with Gasteiger partial charge in [0.25, 0.3) is 0 Å². The Hall–Kier alpha value is -1.36. The highest BCUT2D eigenvalue weighted by Gasteiger charge is 2.18. The van der Waals surface area contributed by atoms with Crippen molar-refractivity contribution in [3.8, 4) is 0 Å². The molecule has 0 aliphatic rings. The van der Waals surface area contributed by atoms with E-state index in [1.807, 2.05) is 0 Å². The van der Waals surface area contributed by atoms with Crippen LogP contribution in [0.2, 0.25) is 0 Å². The zero-order valence-corrected chi connectivity index (χ0v) is 11.7. The Morgan fingerprint density at radius 3 is 2.61 bits per heavy atom. The molecule has 1 atom stereocenters. The van der Waals surface area contributed by atoms with Crippen molar-refractivity contribution in [3.63, 3.8) is 0 Å². The van der Waals surface area contributed by atoms with E-state index in [1.165, 1.54) is 0 Å². The number of nitrogen functional groups attached to an aromatic ring is 1. The van der Waals surface area contributed by atoms with Gasteiger partial charge in [0.2, 0.25) is 0 Å². The van der Waals surface area contributed by atoms with E-state index in [0.29, 0.717) is 5.82 Å².